The SMILES string of the molecule is CC[C@@H](C)[C@H](NC(=O)NCCc1ccccc1)C(=O)O. The maximum atomic E-state index is 11.7. The summed E-state index contributed by atoms with van der Waals surface area (Å²) in [7, 11) is 0. The number of hydrogen-bond acceptors (Lipinski definition) is 2. The van der Waals surface area contributed by atoms with Crippen LogP contribution in [0.3, 0.4) is 0 Å². The molecule has 2 atom stereocenters. The van der Waals surface area contributed by atoms with Gasteiger partial charge in [-0.15, -0.1) is 0 Å². The summed E-state index contributed by atoms with van der Waals surface area (Å²) in [6.45, 7) is 4.18. The number of rotatable bonds is 7. The van der Waals surface area contributed by atoms with Gasteiger partial charge in [0, 0.05) is 6.54 Å². The molecular formula is C15H22N2O3. The first-order valence-corrected chi connectivity index (χ1v) is 6.85. The maximum Gasteiger partial charge on any atom is 0.326 e. The fraction of sp³-hybridized carbons (Fsp3) is 0.467. The van der Waals surface area contributed by atoms with Gasteiger partial charge in [0.1, 0.15) is 6.04 Å². The molecule has 0 aliphatic carbocycles. The van der Waals surface area contributed by atoms with Crippen molar-refractivity contribution in [1.29, 1.82) is 0 Å². The topological polar surface area (TPSA) is 78.4 Å². The quantitative estimate of drug-likeness (QED) is 0.714. The van der Waals surface area contributed by atoms with Crippen LogP contribution in [-0.4, -0.2) is 29.7 Å². The Kier molecular flexibility index (Phi) is 6.56. The predicted octanol–water partition coefficient (Wildman–Crippen LogP) is 2.03. The number of nitrogens with one attached hydrogen (secondary N) is 2. The average molecular weight is 278 g/mol. The molecule has 1 aromatic rings. The lowest BCUT2D eigenvalue weighted by molar-refractivity contribution is -0.140. The van der Waals surface area contributed by atoms with Crippen molar-refractivity contribution in [3.63, 3.8) is 0 Å². The Labute approximate surface area is 119 Å². The van der Waals surface area contributed by atoms with Gasteiger partial charge in [-0.25, -0.2) is 9.59 Å². The van der Waals surface area contributed by atoms with Gasteiger partial charge in [0.25, 0.3) is 0 Å². The van der Waals surface area contributed by atoms with E-state index < -0.39 is 18.0 Å². The van der Waals surface area contributed by atoms with Crippen LogP contribution in [0.5, 0.6) is 0 Å². The van der Waals surface area contributed by atoms with Crippen LogP contribution in [-0.2, 0) is 11.2 Å². The Morgan fingerprint density at radius 3 is 2.45 bits per heavy atom. The van der Waals surface area contributed by atoms with Crippen LogP contribution in [0.4, 0.5) is 4.79 Å². The van der Waals surface area contributed by atoms with Crippen molar-refractivity contribution in [1.82, 2.24) is 10.6 Å². The van der Waals surface area contributed by atoms with Gasteiger partial charge in [0.2, 0.25) is 0 Å². The number of carboxylic acids is 1. The molecule has 0 heterocycles. The Bertz CT molecular complexity index is 434. The summed E-state index contributed by atoms with van der Waals surface area (Å²) in [5.74, 6) is -1.11. The molecule has 5 nitrogen and oxygen atoms in total. The number of urea groups is 1. The van der Waals surface area contributed by atoms with Gasteiger partial charge >= 0.3 is 12.0 Å². The van der Waals surface area contributed by atoms with Gasteiger partial charge in [0.05, 0.1) is 0 Å². The molecule has 0 aliphatic heterocycles. The highest BCUT2D eigenvalue weighted by molar-refractivity contribution is 5.82. The molecule has 0 saturated carbocycles. The second kappa shape index (κ2) is 8.19. The van der Waals surface area contributed by atoms with Crippen molar-refractivity contribution >= 4 is 12.0 Å². The summed E-state index contributed by atoms with van der Waals surface area (Å²) >= 11 is 0. The first kappa shape index (κ1) is 16.0. The van der Waals surface area contributed by atoms with Gasteiger partial charge in [-0.05, 0) is 17.9 Å². The highest BCUT2D eigenvalue weighted by Gasteiger charge is 2.24. The van der Waals surface area contributed by atoms with Crippen molar-refractivity contribution in [3.8, 4) is 0 Å². The summed E-state index contributed by atoms with van der Waals surface area (Å²) in [6, 6.07) is 8.51. The largest absolute Gasteiger partial charge is 0.480 e. The molecular weight excluding hydrogens is 256 g/mol. The molecule has 2 amide bonds. The Morgan fingerprint density at radius 2 is 1.90 bits per heavy atom. The first-order valence-electron chi connectivity index (χ1n) is 6.85. The lowest BCUT2D eigenvalue weighted by atomic mass is 9.99. The zero-order valence-corrected chi connectivity index (χ0v) is 11.9. The summed E-state index contributed by atoms with van der Waals surface area (Å²) in [6.07, 6.45) is 1.41. The number of hydrogen-bond donors (Lipinski definition) is 3. The zero-order valence-electron chi connectivity index (χ0n) is 11.9. The Balaban J connectivity index is 2.37. The number of benzene rings is 1. The van der Waals surface area contributed by atoms with Crippen LogP contribution in [0.2, 0.25) is 0 Å². The van der Waals surface area contributed by atoms with Crippen molar-refractivity contribution in [2.75, 3.05) is 6.54 Å². The van der Waals surface area contributed by atoms with Crippen molar-refractivity contribution in [2.45, 2.75) is 32.7 Å². The summed E-state index contributed by atoms with van der Waals surface area (Å²) in [5, 5.41) is 14.3. The molecule has 20 heavy (non-hydrogen) atoms. The van der Waals surface area contributed by atoms with Gasteiger partial charge in [-0.3, -0.25) is 0 Å². The van der Waals surface area contributed by atoms with Crippen molar-refractivity contribution in [3.05, 3.63) is 35.9 Å². The van der Waals surface area contributed by atoms with E-state index in [0.717, 1.165) is 12.0 Å². The molecule has 0 radical (unpaired) electrons. The van der Waals surface area contributed by atoms with E-state index in [1.807, 2.05) is 44.2 Å². The normalized spacial score (nSPS) is 13.3. The molecule has 0 aliphatic rings. The van der Waals surface area contributed by atoms with Gasteiger partial charge in [0.15, 0.2) is 0 Å². The van der Waals surface area contributed by atoms with Crippen LogP contribution in [0.15, 0.2) is 30.3 Å². The van der Waals surface area contributed by atoms with Crippen LogP contribution in [0, 0.1) is 5.92 Å². The third kappa shape index (κ3) is 5.30. The minimum absolute atomic E-state index is 0.104. The highest BCUT2D eigenvalue weighted by atomic mass is 16.4. The van der Waals surface area contributed by atoms with Crippen LogP contribution < -0.4 is 10.6 Å². The van der Waals surface area contributed by atoms with E-state index in [2.05, 4.69) is 10.6 Å². The zero-order chi connectivity index (χ0) is 15.0. The number of carbonyl (C=O) groups is 2. The second-order valence-corrected chi connectivity index (χ2v) is 4.84. The van der Waals surface area contributed by atoms with E-state index in [-0.39, 0.29) is 5.92 Å². The number of carboxylic acid groups (broad SMARTS) is 1. The summed E-state index contributed by atoms with van der Waals surface area (Å²) in [4.78, 5) is 22.8. The molecule has 0 saturated heterocycles. The lowest BCUT2D eigenvalue weighted by Crippen LogP contribution is -2.49. The molecule has 0 aromatic heterocycles. The highest BCUT2D eigenvalue weighted by Crippen LogP contribution is 2.07. The monoisotopic (exact) mass is 278 g/mol. The molecule has 0 unspecified atom stereocenters. The molecule has 3 N–H and O–H groups in total. The van der Waals surface area contributed by atoms with E-state index in [1.54, 1.807) is 0 Å². The third-order valence-electron chi connectivity index (χ3n) is 3.31. The van der Waals surface area contributed by atoms with E-state index >= 15 is 0 Å². The van der Waals surface area contributed by atoms with Gasteiger partial charge in [-0.2, -0.15) is 0 Å². The number of carbonyl (C=O) groups excluding carboxylic acids is 1. The van der Waals surface area contributed by atoms with E-state index in [1.165, 1.54) is 0 Å². The lowest BCUT2D eigenvalue weighted by Gasteiger charge is -2.20. The molecule has 0 fully saturated rings. The molecule has 1 aromatic carbocycles. The fourth-order valence-electron chi connectivity index (χ4n) is 1.84. The Morgan fingerprint density at radius 1 is 1.25 bits per heavy atom. The summed E-state index contributed by atoms with van der Waals surface area (Å²) in [5.41, 5.74) is 1.13. The summed E-state index contributed by atoms with van der Waals surface area (Å²) < 4.78 is 0. The van der Waals surface area contributed by atoms with Gasteiger partial charge in [-0.1, -0.05) is 50.6 Å². The van der Waals surface area contributed by atoms with Gasteiger partial charge < -0.3 is 15.7 Å². The molecule has 1 rings (SSSR count). The minimum atomic E-state index is -1.00. The minimum Gasteiger partial charge on any atom is -0.480 e. The van der Waals surface area contributed by atoms with Crippen LogP contribution in [0.25, 0.3) is 0 Å². The average Bonchev–Trinajstić information content (AvgIpc) is 2.45. The maximum absolute atomic E-state index is 11.7. The van der Waals surface area contributed by atoms with E-state index in [4.69, 9.17) is 5.11 Å². The van der Waals surface area contributed by atoms with E-state index in [9.17, 15) is 9.59 Å². The molecule has 5 heteroatoms. The third-order valence-corrected chi connectivity index (χ3v) is 3.31. The Hall–Kier alpha value is -2.04. The number of aliphatic carboxylic acids is 1. The first-order chi connectivity index (χ1) is 9.54. The van der Waals surface area contributed by atoms with Crippen LogP contribution in [0.1, 0.15) is 25.8 Å². The predicted molar refractivity (Wildman–Crippen MR) is 77.6 cm³/mol. The van der Waals surface area contributed by atoms with Crippen molar-refractivity contribution < 1.29 is 14.7 Å². The number of amides is 2. The molecule has 110 valence electrons. The second-order valence-electron chi connectivity index (χ2n) is 4.84. The fourth-order valence-corrected chi connectivity index (χ4v) is 1.84. The standard InChI is InChI=1S/C15H22N2O3/c1-3-11(2)13(14(18)19)17-15(20)16-10-9-12-7-5-4-6-8-12/h4-8,11,13H,3,9-10H2,1-2H3,(H,18,19)(H2,16,17,20)/t11-,13+/m1/s1. The van der Waals surface area contributed by atoms with Crippen LogP contribution >= 0.6 is 0 Å². The van der Waals surface area contributed by atoms with E-state index in [0.29, 0.717) is 13.0 Å². The molecule has 0 bridgehead atoms. The smallest absolute Gasteiger partial charge is 0.326 e. The molecule has 0 spiro atoms. The van der Waals surface area contributed by atoms with Crippen molar-refractivity contribution in [2.24, 2.45) is 5.92 Å².